The Morgan fingerprint density at radius 2 is 1.89 bits per heavy atom. The fourth-order valence-electron chi connectivity index (χ4n) is 4.18. The standard InChI is InChI=1S/C23H17Cl2N3O5S2/c24-16-10-12(9-13(29)11-35(32,33)20-6-5-19(25)34-20)1-4-18(16)28-22(30)15-2-3-17-14(7-8-26-17)21(15)27-23(28)31/h1-6,10,26H,7-9,11H2,(H,27,31). The number of carbonyl (C=O) groups is 1. The number of H-pyrrole nitrogens is 1. The van der Waals surface area contributed by atoms with E-state index in [2.05, 4.69) is 10.3 Å². The Morgan fingerprint density at radius 1 is 1.09 bits per heavy atom. The van der Waals surface area contributed by atoms with Crippen molar-refractivity contribution in [3.05, 3.63) is 83.8 Å². The number of benzene rings is 2. The molecule has 0 atom stereocenters. The monoisotopic (exact) mass is 549 g/mol. The second kappa shape index (κ2) is 8.94. The molecule has 180 valence electrons. The number of aromatic amines is 1. The van der Waals surface area contributed by atoms with Crippen molar-refractivity contribution in [2.45, 2.75) is 17.1 Å². The molecule has 0 aliphatic carbocycles. The molecular weight excluding hydrogens is 533 g/mol. The van der Waals surface area contributed by atoms with Gasteiger partial charge in [-0.2, -0.15) is 0 Å². The number of rotatable bonds is 6. The Bertz CT molecular complexity index is 1740. The average Bonchev–Trinajstić information content (AvgIpc) is 3.44. The van der Waals surface area contributed by atoms with Crippen LogP contribution in [0.1, 0.15) is 11.1 Å². The van der Waals surface area contributed by atoms with Gasteiger partial charge in [0.15, 0.2) is 15.6 Å². The number of sulfone groups is 1. The summed E-state index contributed by atoms with van der Waals surface area (Å²) in [5, 5.41) is 3.65. The predicted octanol–water partition coefficient (Wildman–Crippen LogP) is 3.60. The lowest BCUT2D eigenvalue weighted by Crippen LogP contribution is -2.34. The molecule has 0 bridgehead atoms. The average molecular weight is 550 g/mol. The number of carbonyl (C=O) groups excluding carboxylic acids is 1. The highest BCUT2D eigenvalue weighted by Gasteiger charge is 2.22. The van der Waals surface area contributed by atoms with Crippen molar-refractivity contribution in [1.82, 2.24) is 9.55 Å². The van der Waals surface area contributed by atoms with Crippen molar-refractivity contribution >= 4 is 66.7 Å². The first kappa shape index (κ1) is 23.8. The lowest BCUT2D eigenvalue weighted by Gasteiger charge is -2.11. The van der Waals surface area contributed by atoms with Crippen LogP contribution in [0.3, 0.4) is 0 Å². The molecule has 35 heavy (non-hydrogen) atoms. The number of thiophene rings is 1. The summed E-state index contributed by atoms with van der Waals surface area (Å²) >= 11 is 13.1. The fraction of sp³-hybridized carbons (Fsp3) is 0.174. The van der Waals surface area contributed by atoms with Crippen LogP contribution in [0.2, 0.25) is 9.36 Å². The van der Waals surface area contributed by atoms with Crippen LogP contribution >= 0.6 is 34.5 Å². The summed E-state index contributed by atoms with van der Waals surface area (Å²) in [5.74, 6) is -1.20. The summed E-state index contributed by atoms with van der Waals surface area (Å²) in [6, 6.07) is 10.7. The first-order valence-corrected chi connectivity index (χ1v) is 13.7. The fourth-order valence-corrected chi connectivity index (χ4v) is 7.28. The Balaban J connectivity index is 1.44. The molecule has 0 saturated heterocycles. The number of anilines is 1. The van der Waals surface area contributed by atoms with Crippen molar-refractivity contribution in [2.24, 2.45) is 0 Å². The molecule has 0 amide bonds. The minimum absolute atomic E-state index is 0.0283. The van der Waals surface area contributed by atoms with Gasteiger partial charge in [0.25, 0.3) is 5.56 Å². The van der Waals surface area contributed by atoms with Crippen molar-refractivity contribution in [2.75, 3.05) is 17.6 Å². The third-order valence-corrected chi connectivity index (χ3v) is 9.52. The van der Waals surface area contributed by atoms with E-state index in [0.717, 1.165) is 33.7 Å². The molecule has 0 spiro atoms. The molecule has 8 nitrogen and oxygen atoms in total. The van der Waals surface area contributed by atoms with E-state index in [1.165, 1.54) is 30.3 Å². The van der Waals surface area contributed by atoms with Crippen LogP contribution in [0.15, 0.2) is 56.3 Å². The van der Waals surface area contributed by atoms with Gasteiger partial charge in [-0.3, -0.25) is 9.59 Å². The third-order valence-electron chi connectivity index (χ3n) is 5.73. The largest absolute Gasteiger partial charge is 0.384 e. The van der Waals surface area contributed by atoms with E-state index in [0.29, 0.717) is 27.2 Å². The van der Waals surface area contributed by atoms with Gasteiger partial charge < -0.3 is 10.3 Å². The normalized spacial score (nSPS) is 13.1. The molecule has 0 saturated carbocycles. The summed E-state index contributed by atoms with van der Waals surface area (Å²) in [6.07, 6.45) is 0.519. The van der Waals surface area contributed by atoms with Crippen molar-refractivity contribution in [1.29, 1.82) is 0 Å². The summed E-state index contributed by atoms with van der Waals surface area (Å²) in [7, 11) is -3.80. The number of hydrogen-bond acceptors (Lipinski definition) is 7. The maximum atomic E-state index is 13.2. The molecule has 1 aliphatic rings. The quantitative estimate of drug-likeness (QED) is 0.379. The van der Waals surface area contributed by atoms with Crippen LogP contribution in [-0.4, -0.2) is 36.0 Å². The smallest absolute Gasteiger partial charge is 0.333 e. The summed E-state index contributed by atoms with van der Waals surface area (Å²) in [6.45, 7) is 0.730. The van der Waals surface area contributed by atoms with Gasteiger partial charge >= 0.3 is 5.69 Å². The van der Waals surface area contributed by atoms with Crippen LogP contribution in [-0.2, 0) is 27.5 Å². The van der Waals surface area contributed by atoms with Crippen LogP contribution in [0.25, 0.3) is 16.6 Å². The van der Waals surface area contributed by atoms with Crippen molar-refractivity contribution in [3.8, 4) is 5.69 Å². The van der Waals surface area contributed by atoms with E-state index in [9.17, 15) is 22.8 Å². The van der Waals surface area contributed by atoms with Gasteiger partial charge in [-0.15, -0.1) is 11.3 Å². The minimum Gasteiger partial charge on any atom is -0.384 e. The second-order valence-electron chi connectivity index (χ2n) is 8.08. The highest BCUT2D eigenvalue weighted by atomic mass is 35.5. The van der Waals surface area contributed by atoms with Gasteiger partial charge in [0, 0.05) is 24.2 Å². The van der Waals surface area contributed by atoms with Gasteiger partial charge in [-0.1, -0.05) is 29.3 Å². The third kappa shape index (κ3) is 4.42. The summed E-state index contributed by atoms with van der Waals surface area (Å²) in [5.41, 5.74) is 1.77. The topological polar surface area (TPSA) is 118 Å². The lowest BCUT2D eigenvalue weighted by atomic mass is 10.1. The first-order valence-electron chi connectivity index (χ1n) is 10.5. The Hall–Kier alpha value is -2.92. The number of nitrogens with one attached hydrogen (secondary N) is 2. The zero-order valence-electron chi connectivity index (χ0n) is 17.9. The van der Waals surface area contributed by atoms with Gasteiger partial charge in [-0.25, -0.2) is 17.8 Å². The molecule has 4 aromatic rings. The van der Waals surface area contributed by atoms with Gasteiger partial charge in [0.05, 0.1) is 25.9 Å². The van der Waals surface area contributed by atoms with E-state index in [1.807, 2.05) is 6.07 Å². The number of nitrogens with zero attached hydrogens (tertiary/aromatic N) is 1. The highest BCUT2D eigenvalue weighted by Crippen LogP contribution is 2.29. The van der Waals surface area contributed by atoms with Crippen LogP contribution < -0.4 is 16.6 Å². The zero-order valence-corrected chi connectivity index (χ0v) is 21.1. The molecule has 5 rings (SSSR count). The molecule has 2 N–H and O–H groups in total. The number of aromatic nitrogens is 2. The van der Waals surface area contributed by atoms with Crippen LogP contribution in [0, 0.1) is 0 Å². The summed E-state index contributed by atoms with van der Waals surface area (Å²) < 4.78 is 26.2. The molecule has 12 heteroatoms. The second-order valence-corrected chi connectivity index (χ2v) is 12.4. The molecule has 3 heterocycles. The van der Waals surface area contributed by atoms with Gasteiger partial charge in [-0.05, 0) is 48.4 Å². The minimum atomic E-state index is -3.80. The molecule has 0 radical (unpaired) electrons. The maximum Gasteiger partial charge on any atom is 0.333 e. The first-order chi connectivity index (χ1) is 16.6. The predicted molar refractivity (Wildman–Crippen MR) is 137 cm³/mol. The highest BCUT2D eigenvalue weighted by molar-refractivity contribution is 7.94. The van der Waals surface area contributed by atoms with E-state index >= 15 is 0 Å². The van der Waals surface area contributed by atoms with Crippen LogP contribution in [0.4, 0.5) is 5.69 Å². The number of Topliss-reactive ketones (excluding diaryl/α,β-unsaturated/α-hetero) is 1. The molecule has 2 aromatic carbocycles. The summed E-state index contributed by atoms with van der Waals surface area (Å²) in [4.78, 5) is 41.3. The molecule has 1 aliphatic heterocycles. The molecule has 0 unspecified atom stereocenters. The van der Waals surface area contributed by atoms with E-state index < -0.39 is 32.6 Å². The van der Waals surface area contributed by atoms with Crippen molar-refractivity contribution in [3.63, 3.8) is 0 Å². The zero-order chi connectivity index (χ0) is 24.9. The van der Waals surface area contributed by atoms with E-state index in [4.69, 9.17) is 23.2 Å². The van der Waals surface area contributed by atoms with E-state index in [1.54, 1.807) is 6.07 Å². The number of ketones is 1. The molecular formula is C23H17Cl2N3O5S2. The van der Waals surface area contributed by atoms with Crippen molar-refractivity contribution < 1.29 is 13.2 Å². The maximum absolute atomic E-state index is 13.2. The number of hydrogen-bond donors (Lipinski definition) is 2. The van der Waals surface area contributed by atoms with Gasteiger partial charge in [0.2, 0.25) is 0 Å². The Labute approximate surface area is 213 Å². The lowest BCUT2D eigenvalue weighted by molar-refractivity contribution is -0.116. The number of fused-ring (bicyclic) bond motifs is 3. The van der Waals surface area contributed by atoms with E-state index in [-0.39, 0.29) is 21.3 Å². The van der Waals surface area contributed by atoms with Crippen LogP contribution in [0.5, 0.6) is 0 Å². The Morgan fingerprint density at radius 3 is 2.60 bits per heavy atom. The van der Waals surface area contributed by atoms with Gasteiger partial charge in [0.1, 0.15) is 9.96 Å². The number of halogens is 2. The molecule has 0 fully saturated rings. The molecule has 2 aromatic heterocycles. The Kier molecular flexibility index (Phi) is 6.08. The SMILES string of the molecule is O=C(Cc1ccc(-n2c(=O)[nH]c3c4c(ccc3c2=O)NCC4)c(Cl)c1)CS(=O)(=O)c1ccc(Cl)s1.